The minimum atomic E-state index is -1.62. The Balaban J connectivity index is 1.70. The van der Waals surface area contributed by atoms with Crippen LogP contribution in [0.1, 0.15) is 38.8 Å². The van der Waals surface area contributed by atoms with E-state index < -0.39 is 60.7 Å². The number of nitrogens with zero attached hydrogens (tertiary/aromatic N) is 1. The Morgan fingerprint density at radius 1 is 0.872 bits per heavy atom. The van der Waals surface area contributed by atoms with Crippen molar-refractivity contribution < 1.29 is 57.1 Å². The number of thioether (sulfide) groups is 1. The molecule has 5 atom stereocenters. The summed E-state index contributed by atoms with van der Waals surface area (Å²) in [4.78, 5) is 62.9. The highest BCUT2D eigenvalue weighted by atomic mass is 32.2. The van der Waals surface area contributed by atoms with E-state index in [1.807, 2.05) is 25.1 Å². The Bertz CT molecular complexity index is 1390. The number of ether oxygens (including phenoxy) is 7. The van der Waals surface area contributed by atoms with Gasteiger partial charge in [0.2, 0.25) is 12.4 Å². The summed E-state index contributed by atoms with van der Waals surface area (Å²) < 4.78 is 38.0. The van der Waals surface area contributed by atoms with Crippen LogP contribution in [0.5, 0.6) is 5.75 Å². The molecule has 2 aromatic rings. The molecular formula is C32H40N2O12S. The minimum absolute atomic E-state index is 0.0448. The minimum Gasteiger partial charge on any atom is -0.467 e. The van der Waals surface area contributed by atoms with E-state index in [2.05, 4.69) is 12.1 Å². The fourth-order valence-corrected chi connectivity index (χ4v) is 5.63. The summed E-state index contributed by atoms with van der Waals surface area (Å²) in [6.07, 6.45) is -7.32. The van der Waals surface area contributed by atoms with Crippen LogP contribution in [0, 0.1) is 0 Å². The first-order valence-electron chi connectivity index (χ1n) is 14.8. The summed E-state index contributed by atoms with van der Waals surface area (Å²) >= 11 is 1.63. The SMILES string of the molecule is CCN(CSCCc1ccccc1)C(=O)OCc1ccc(O[C@@H]2OC(C(=O)OC)C(OC(C)=O)[C@H](OC(C)=O)C2OC(C)=O)c(N)c1. The maximum atomic E-state index is 12.7. The fraction of sp³-hybridized carbons (Fsp3) is 0.469. The predicted octanol–water partition coefficient (Wildman–Crippen LogP) is 3.23. The number of carbonyl (C=O) groups is 5. The molecule has 2 N–H and O–H groups in total. The van der Waals surface area contributed by atoms with Gasteiger partial charge in [0.25, 0.3) is 0 Å². The van der Waals surface area contributed by atoms with Gasteiger partial charge in [0, 0.05) is 27.3 Å². The van der Waals surface area contributed by atoms with E-state index >= 15 is 0 Å². The number of nitrogens with two attached hydrogens (primary N) is 1. The van der Waals surface area contributed by atoms with Gasteiger partial charge in [-0.1, -0.05) is 36.4 Å². The molecule has 2 aromatic carbocycles. The van der Waals surface area contributed by atoms with E-state index in [1.54, 1.807) is 22.7 Å². The van der Waals surface area contributed by atoms with Gasteiger partial charge in [-0.15, -0.1) is 11.8 Å². The molecule has 3 rings (SSSR count). The van der Waals surface area contributed by atoms with E-state index in [-0.39, 0.29) is 18.0 Å². The smallest absolute Gasteiger partial charge is 0.410 e. The summed E-state index contributed by atoms with van der Waals surface area (Å²) in [6, 6.07) is 14.7. The van der Waals surface area contributed by atoms with Crippen molar-refractivity contribution in [1.82, 2.24) is 4.90 Å². The molecule has 0 radical (unpaired) electrons. The lowest BCUT2D eigenvalue weighted by molar-refractivity contribution is -0.282. The van der Waals surface area contributed by atoms with E-state index in [1.165, 1.54) is 17.7 Å². The topological polar surface area (TPSA) is 179 Å². The highest BCUT2D eigenvalue weighted by Crippen LogP contribution is 2.33. The third-order valence-electron chi connectivity index (χ3n) is 6.78. The predicted molar refractivity (Wildman–Crippen MR) is 169 cm³/mol. The average Bonchev–Trinajstić information content (AvgIpc) is 3.03. The van der Waals surface area contributed by atoms with Crippen LogP contribution in [0.25, 0.3) is 0 Å². The summed E-state index contributed by atoms with van der Waals surface area (Å²) in [7, 11) is 1.08. The maximum absolute atomic E-state index is 12.7. The van der Waals surface area contributed by atoms with Crippen LogP contribution >= 0.6 is 11.8 Å². The molecular weight excluding hydrogens is 636 g/mol. The molecule has 1 fully saturated rings. The summed E-state index contributed by atoms with van der Waals surface area (Å²) in [5, 5.41) is 0. The lowest BCUT2D eigenvalue weighted by Crippen LogP contribution is -2.64. The molecule has 0 aliphatic carbocycles. The third kappa shape index (κ3) is 11.1. The van der Waals surface area contributed by atoms with E-state index in [0.717, 1.165) is 40.1 Å². The zero-order chi connectivity index (χ0) is 34.5. The van der Waals surface area contributed by atoms with E-state index in [4.69, 9.17) is 38.9 Å². The molecule has 47 heavy (non-hydrogen) atoms. The van der Waals surface area contributed by atoms with Crippen molar-refractivity contribution in [2.75, 3.05) is 31.0 Å². The number of aryl methyl sites for hydroxylation is 1. The zero-order valence-corrected chi connectivity index (χ0v) is 27.7. The Morgan fingerprint density at radius 2 is 1.51 bits per heavy atom. The van der Waals surface area contributed by atoms with Gasteiger partial charge in [0.15, 0.2) is 18.3 Å². The molecule has 256 valence electrons. The summed E-state index contributed by atoms with van der Waals surface area (Å²) in [6.45, 7) is 5.52. The van der Waals surface area contributed by atoms with Crippen molar-refractivity contribution in [2.45, 2.75) is 71.4 Å². The maximum Gasteiger partial charge on any atom is 0.410 e. The first-order chi connectivity index (χ1) is 22.4. The number of hydrogen-bond acceptors (Lipinski definition) is 14. The number of amides is 1. The third-order valence-corrected chi connectivity index (χ3v) is 7.77. The molecule has 1 heterocycles. The van der Waals surface area contributed by atoms with E-state index in [0.29, 0.717) is 18.0 Å². The van der Waals surface area contributed by atoms with Crippen molar-refractivity contribution in [3.63, 3.8) is 0 Å². The molecule has 0 saturated carbocycles. The van der Waals surface area contributed by atoms with Gasteiger partial charge in [0.1, 0.15) is 12.4 Å². The molecule has 1 saturated heterocycles. The molecule has 0 aromatic heterocycles. The molecule has 0 spiro atoms. The number of carbonyl (C=O) groups excluding carboxylic acids is 5. The molecule has 3 unspecified atom stereocenters. The van der Waals surface area contributed by atoms with Crippen LogP contribution in [-0.4, -0.2) is 90.9 Å². The van der Waals surface area contributed by atoms with Crippen molar-refractivity contribution >= 4 is 47.4 Å². The number of methoxy groups -OCH3 is 1. The van der Waals surface area contributed by atoms with Crippen LogP contribution in [0.15, 0.2) is 48.5 Å². The van der Waals surface area contributed by atoms with Crippen molar-refractivity contribution in [1.29, 1.82) is 0 Å². The number of hydrogen-bond donors (Lipinski definition) is 1. The zero-order valence-electron chi connectivity index (χ0n) is 26.9. The van der Waals surface area contributed by atoms with Gasteiger partial charge in [-0.05, 0) is 42.4 Å². The number of nitrogen functional groups attached to an aromatic ring is 1. The van der Waals surface area contributed by atoms with Crippen LogP contribution in [0.2, 0.25) is 0 Å². The molecule has 15 heteroatoms. The second kappa shape index (κ2) is 18.0. The Morgan fingerprint density at radius 3 is 2.11 bits per heavy atom. The number of benzene rings is 2. The molecule has 1 aliphatic heterocycles. The monoisotopic (exact) mass is 676 g/mol. The second-order valence-corrected chi connectivity index (χ2v) is 11.4. The quantitative estimate of drug-likeness (QED) is 0.101. The van der Waals surface area contributed by atoms with Crippen molar-refractivity contribution in [3.8, 4) is 5.75 Å². The highest BCUT2D eigenvalue weighted by Gasteiger charge is 2.56. The van der Waals surface area contributed by atoms with E-state index in [9.17, 15) is 24.0 Å². The highest BCUT2D eigenvalue weighted by molar-refractivity contribution is 7.99. The van der Waals surface area contributed by atoms with Gasteiger partial charge in [-0.3, -0.25) is 19.3 Å². The lowest BCUT2D eigenvalue weighted by atomic mass is 9.97. The number of rotatable bonds is 14. The first kappa shape index (κ1) is 37.0. The standard InChI is InChI=1S/C32H40N2O12S/c1-6-34(18-47-15-14-22-10-8-7-9-11-22)32(39)41-17-23-12-13-25(24(33)16-23)45-31-29(44-21(4)37)27(43-20(3)36)26(42-19(2)35)28(46-31)30(38)40-5/h7-13,16,26-29,31H,6,14-15,17-18,33H2,1-5H3/t26?,27-,28?,29?,31+/m0/s1. The average molecular weight is 677 g/mol. The van der Waals surface area contributed by atoms with Gasteiger partial charge < -0.3 is 38.9 Å². The fourth-order valence-electron chi connectivity index (χ4n) is 4.61. The molecule has 0 bridgehead atoms. The summed E-state index contributed by atoms with van der Waals surface area (Å²) in [5.41, 5.74) is 8.12. The van der Waals surface area contributed by atoms with Crippen molar-refractivity contribution in [3.05, 3.63) is 59.7 Å². The van der Waals surface area contributed by atoms with Crippen LogP contribution in [0.3, 0.4) is 0 Å². The van der Waals surface area contributed by atoms with Gasteiger partial charge in [-0.25, -0.2) is 9.59 Å². The Kier molecular flexibility index (Phi) is 14.2. The van der Waals surface area contributed by atoms with Crippen LogP contribution in [0.4, 0.5) is 10.5 Å². The lowest BCUT2D eigenvalue weighted by Gasteiger charge is -2.43. The van der Waals surface area contributed by atoms with Gasteiger partial charge >= 0.3 is 30.0 Å². The number of esters is 4. The Hall–Kier alpha value is -4.50. The van der Waals surface area contributed by atoms with Crippen LogP contribution in [-0.2, 0) is 60.6 Å². The van der Waals surface area contributed by atoms with Crippen LogP contribution < -0.4 is 10.5 Å². The molecule has 1 aliphatic rings. The Labute approximate surface area is 277 Å². The molecule has 14 nitrogen and oxygen atoms in total. The number of anilines is 1. The summed E-state index contributed by atoms with van der Waals surface area (Å²) in [5.74, 6) is -2.05. The van der Waals surface area contributed by atoms with Gasteiger partial charge in [0.05, 0.1) is 18.7 Å². The van der Waals surface area contributed by atoms with Gasteiger partial charge in [-0.2, -0.15) is 0 Å². The molecule has 1 amide bonds. The normalized spacial score (nSPS) is 20.3. The van der Waals surface area contributed by atoms with Crippen molar-refractivity contribution in [2.24, 2.45) is 0 Å². The second-order valence-electron chi connectivity index (χ2n) is 10.3. The first-order valence-corrected chi connectivity index (χ1v) is 15.9. The largest absolute Gasteiger partial charge is 0.467 e.